The van der Waals surface area contributed by atoms with Crippen LogP contribution in [0.4, 0.5) is 23.6 Å². The highest BCUT2D eigenvalue weighted by Gasteiger charge is 2.40. The Morgan fingerprint density at radius 2 is 2.19 bits per heavy atom. The summed E-state index contributed by atoms with van der Waals surface area (Å²) in [5.41, 5.74) is -1.87. The minimum absolute atomic E-state index is 0.0145. The number of benzene rings is 1. The van der Waals surface area contributed by atoms with E-state index in [0.29, 0.717) is 24.6 Å². The maximum absolute atomic E-state index is 14.3. The number of alkyl halides is 3. The molecular weight excluding hydrogens is 372 g/mol. The maximum atomic E-state index is 14.3. The van der Waals surface area contributed by atoms with Gasteiger partial charge in [0.25, 0.3) is 6.01 Å². The molecule has 0 amide bonds. The number of halogens is 4. The number of aromatic nitrogens is 2. The van der Waals surface area contributed by atoms with Gasteiger partial charge in [-0.25, -0.2) is 9.37 Å². The van der Waals surface area contributed by atoms with E-state index in [0.717, 1.165) is 6.07 Å². The van der Waals surface area contributed by atoms with Gasteiger partial charge >= 0.3 is 6.18 Å². The van der Waals surface area contributed by atoms with E-state index < -0.39 is 23.1 Å². The van der Waals surface area contributed by atoms with E-state index in [1.54, 1.807) is 10.3 Å². The van der Waals surface area contributed by atoms with E-state index in [2.05, 4.69) is 15.3 Å². The van der Waals surface area contributed by atoms with Gasteiger partial charge < -0.3 is 14.6 Å². The molecule has 3 aromatic rings. The van der Waals surface area contributed by atoms with E-state index in [9.17, 15) is 17.6 Å². The van der Waals surface area contributed by atoms with Gasteiger partial charge in [-0.2, -0.15) is 18.2 Å². The molecule has 1 saturated heterocycles. The zero-order valence-electron chi connectivity index (χ0n) is 13.6. The van der Waals surface area contributed by atoms with Crippen molar-refractivity contribution in [3.63, 3.8) is 0 Å². The number of anilines is 1. The fraction of sp³-hybridized carbons (Fsp3) is 0.375. The number of hydrogen-bond donors (Lipinski definition) is 1. The number of nitrogens with zero attached hydrogens (tertiary/aromatic N) is 3. The van der Waals surface area contributed by atoms with Gasteiger partial charge in [-0.05, 0) is 13.0 Å². The highest BCUT2D eigenvalue weighted by molar-refractivity contribution is 7.13. The maximum Gasteiger partial charge on any atom is 0.421 e. The number of hydrogen-bond acceptors (Lipinski definition) is 6. The fourth-order valence-electron chi connectivity index (χ4n) is 3.07. The molecule has 0 aliphatic carbocycles. The van der Waals surface area contributed by atoms with Gasteiger partial charge in [0.05, 0.1) is 5.56 Å². The Morgan fingerprint density at radius 1 is 1.38 bits per heavy atom. The number of fused-ring (bicyclic) bond motifs is 1. The Balaban J connectivity index is 1.97. The van der Waals surface area contributed by atoms with Gasteiger partial charge in [0.2, 0.25) is 0 Å². The number of nitrogens with one attached hydrogen (secondary N) is 1. The van der Waals surface area contributed by atoms with Crippen LogP contribution in [0.25, 0.3) is 21.7 Å². The van der Waals surface area contributed by atoms with Crippen molar-refractivity contribution in [2.45, 2.75) is 19.1 Å². The largest absolute Gasteiger partial charge is 0.423 e. The molecule has 1 aliphatic rings. The van der Waals surface area contributed by atoms with Crippen LogP contribution in [0.15, 0.2) is 22.1 Å². The Hall–Kier alpha value is -2.20. The van der Waals surface area contributed by atoms with Crippen molar-refractivity contribution in [1.82, 2.24) is 15.3 Å². The molecule has 3 heterocycles. The van der Waals surface area contributed by atoms with E-state index in [-0.39, 0.29) is 23.2 Å². The minimum Gasteiger partial charge on any atom is -0.423 e. The van der Waals surface area contributed by atoms with Crippen molar-refractivity contribution in [2.75, 3.05) is 24.5 Å². The Labute approximate surface area is 149 Å². The van der Waals surface area contributed by atoms with Crippen LogP contribution in [-0.4, -0.2) is 35.6 Å². The highest BCUT2D eigenvalue weighted by atomic mass is 32.1. The van der Waals surface area contributed by atoms with Crippen molar-refractivity contribution < 1.29 is 22.0 Å². The number of piperazine rings is 1. The summed E-state index contributed by atoms with van der Waals surface area (Å²) in [5.74, 6) is -1.39. The summed E-state index contributed by atoms with van der Waals surface area (Å²) in [4.78, 5) is 9.88. The molecule has 0 bridgehead atoms. The predicted octanol–water partition coefficient (Wildman–Crippen LogP) is 3.91. The van der Waals surface area contributed by atoms with Crippen molar-refractivity contribution in [3.05, 3.63) is 29.0 Å². The highest BCUT2D eigenvalue weighted by Crippen LogP contribution is 2.42. The van der Waals surface area contributed by atoms with Crippen LogP contribution >= 0.6 is 11.3 Å². The molecule has 1 aliphatic heterocycles. The lowest BCUT2D eigenvalue weighted by Crippen LogP contribution is -2.50. The van der Waals surface area contributed by atoms with Crippen LogP contribution in [0.1, 0.15) is 12.5 Å². The Kier molecular flexibility index (Phi) is 4.11. The molecule has 5 nitrogen and oxygen atoms in total. The lowest BCUT2D eigenvalue weighted by atomic mass is 10.1. The van der Waals surface area contributed by atoms with Crippen LogP contribution < -0.4 is 10.2 Å². The summed E-state index contributed by atoms with van der Waals surface area (Å²) in [6.07, 6.45) is -3.38. The SMILES string of the molecule is CC1CNCCN1c1nc2c(C(F)(F)F)c(F)cc(-c3nccs3)c2o1. The van der Waals surface area contributed by atoms with Crippen LogP contribution in [0.3, 0.4) is 0 Å². The molecular formula is C16H14F4N4OS. The second-order valence-electron chi connectivity index (χ2n) is 6.04. The predicted molar refractivity (Wildman–Crippen MR) is 89.8 cm³/mol. The van der Waals surface area contributed by atoms with Gasteiger partial charge in [0.1, 0.15) is 21.9 Å². The number of thiazole rings is 1. The monoisotopic (exact) mass is 386 g/mol. The van der Waals surface area contributed by atoms with Gasteiger partial charge in [0, 0.05) is 37.3 Å². The molecule has 26 heavy (non-hydrogen) atoms. The molecule has 0 radical (unpaired) electrons. The van der Waals surface area contributed by atoms with Crippen molar-refractivity contribution >= 4 is 28.5 Å². The second kappa shape index (κ2) is 6.20. The summed E-state index contributed by atoms with van der Waals surface area (Å²) < 4.78 is 60.3. The average molecular weight is 386 g/mol. The quantitative estimate of drug-likeness (QED) is 0.677. The molecule has 1 atom stereocenters. The summed E-state index contributed by atoms with van der Waals surface area (Å²) in [6.45, 7) is 3.75. The van der Waals surface area contributed by atoms with Gasteiger partial charge in [-0.1, -0.05) is 0 Å². The van der Waals surface area contributed by atoms with Crippen LogP contribution in [0, 0.1) is 5.82 Å². The van der Waals surface area contributed by atoms with E-state index in [1.165, 1.54) is 17.5 Å². The van der Waals surface area contributed by atoms with Crippen LogP contribution in [-0.2, 0) is 6.18 Å². The molecule has 1 N–H and O–H groups in total. The molecule has 1 unspecified atom stereocenters. The summed E-state index contributed by atoms with van der Waals surface area (Å²) in [7, 11) is 0. The third-order valence-electron chi connectivity index (χ3n) is 4.30. The Morgan fingerprint density at radius 3 is 2.85 bits per heavy atom. The van der Waals surface area contributed by atoms with Crippen molar-refractivity contribution in [1.29, 1.82) is 0 Å². The van der Waals surface area contributed by atoms with Gasteiger partial charge in [-0.3, -0.25) is 0 Å². The molecule has 4 rings (SSSR count). The molecule has 138 valence electrons. The zero-order chi connectivity index (χ0) is 18.5. The van der Waals surface area contributed by atoms with Crippen LogP contribution in [0.2, 0.25) is 0 Å². The van der Waals surface area contributed by atoms with Gasteiger partial charge in [0.15, 0.2) is 5.58 Å². The third kappa shape index (κ3) is 2.82. The first-order chi connectivity index (χ1) is 12.4. The first-order valence-corrected chi connectivity index (χ1v) is 8.81. The normalized spacial score (nSPS) is 18.7. The number of rotatable bonds is 2. The summed E-state index contributed by atoms with van der Waals surface area (Å²) in [6, 6.07) is 0.863. The van der Waals surface area contributed by atoms with Crippen LogP contribution in [0.5, 0.6) is 0 Å². The molecule has 2 aromatic heterocycles. The number of oxazole rings is 1. The lowest BCUT2D eigenvalue weighted by molar-refractivity contribution is -0.138. The fourth-order valence-corrected chi connectivity index (χ4v) is 3.72. The lowest BCUT2D eigenvalue weighted by Gasteiger charge is -2.32. The topological polar surface area (TPSA) is 54.2 Å². The first-order valence-electron chi connectivity index (χ1n) is 7.93. The minimum atomic E-state index is -4.88. The summed E-state index contributed by atoms with van der Waals surface area (Å²) in [5, 5.41) is 5.22. The van der Waals surface area contributed by atoms with E-state index in [1.807, 2.05) is 6.92 Å². The molecule has 0 saturated carbocycles. The van der Waals surface area contributed by atoms with Crippen molar-refractivity contribution in [2.24, 2.45) is 0 Å². The standard InChI is InChI=1S/C16H14F4N4OS/c1-8-7-21-2-4-24(8)15-23-12-11(16(18,19)20)10(17)6-9(13(12)25-15)14-22-3-5-26-14/h3,5-6,8,21H,2,4,7H2,1H3. The van der Waals surface area contributed by atoms with E-state index >= 15 is 0 Å². The third-order valence-corrected chi connectivity index (χ3v) is 5.11. The van der Waals surface area contributed by atoms with Gasteiger partial charge in [-0.15, -0.1) is 11.3 Å². The second-order valence-corrected chi connectivity index (χ2v) is 6.93. The average Bonchev–Trinajstić information content (AvgIpc) is 3.22. The zero-order valence-corrected chi connectivity index (χ0v) is 14.4. The molecule has 10 heteroatoms. The van der Waals surface area contributed by atoms with E-state index in [4.69, 9.17) is 4.42 Å². The first kappa shape index (κ1) is 17.2. The molecule has 1 aromatic carbocycles. The summed E-state index contributed by atoms with van der Waals surface area (Å²) >= 11 is 1.19. The molecule has 0 spiro atoms. The Bertz CT molecular complexity index is 938. The smallest absolute Gasteiger partial charge is 0.421 e. The molecule has 1 fully saturated rings. The van der Waals surface area contributed by atoms with Crippen molar-refractivity contribution in [3.8, 4) is 10.6 Å².